The first kappa shape index (κ1) is 19.0. The topological polar surface area (TPSA) is 76.5 Å². The third-order valence-corrected chi connectivity index (χ3v) is 5.15. The molecule has 1 aliphatic rings. The number of hydrogen-bond acceptors (Lipinski definition) is 4. The summed E-state index contributed by atoms with van der Waals surface area (Å²) in [6.07, 6.45) is 1.86. The van der Waals surface area contributed by atoms with Crippen molar-refractivity contribution in [3.8, 4) is 5.75 Å². The van der Waals surface area contributed by atoms with Gasteiger partial charge >= 0.3 is 0 Å². The normalized spacial score (nSPS) is 13.3. The van der Waals surface area contributed by atoms with Gasteiger partial charge in [0.25, 0.3) is 5.91 Å². The van der Waals surface area contributed by atoms with Gasteiger partial charge in [-0.2, -0.15) is 0 Å². The van der Waals surface area contributed by atoms with E-state index in [9.17, 15) is 9.59 Å². The third-order valence-electron chi connectivity index (χ3n) is 5.15. The van der Waals surface area contributed by atoms with Gasteiger partial charge in [-0.1, -0.05) is 24.3 Å². The van der Waals surface area contributed by atoms with Crippen LogP contribution < -0.4 is 15.0 Å². The minimum absolute atomic E-state index is 0.0106. The molecule has 7 nitrogen and oxygen atoms in total. The highest BCUT2D eigenvalue weighted by Gasteiger charge is 2.25. The van der Waals surface area contributed by atoms with E-state index in [0.717, 1.165) is 35.4 Å². The first-order valence-corrected chi connectivity index (χ1v) is 9.83. The van der Waals surface area contributed by atoms with Gasteiger partial charge in [0.2, 0.25) is 5.91 Å². The van der Waals surface area contributed by atoms with Gasteiger partial charge in [-0.15, -0.1) is 0 Å². The number of para-hydroxylation sites is 4. The molecule has 0 radical (unpaired) electrons. The second-order valence-electron chi connectivity index (χ2n) is 7.08. The van der Waals surface area contributed by atoms with Crippen LogP contribution in [0.5, 0.6) is 5.75 Å². The van der Waals surface area contributed by atoms with Crippen LogP contribution in [0.15, 0.2) is 48.5 Å². The highest BCUT2D eigenvalue weighted by molar-refractivity contribution is 5.98. The molecule has 0 saturated carbocycles. The van der Waals surface area contributed by atoms with Crippen molar-refractivity contribution in [3.63, 3.8) is 0 Å². The van der Waals surface area contributed by atoms with E-state index in [-0.39, 0.29) is 24.8 Å². The molecule has 1 N–H and O–H groups in total. The molecule has 0 bridgehead atoms. The van der Waals surface area contributed by atoms with Gasteiger partial charge in [0, 0.05) is 33.0 Å². The van der Waals surface area contributed by atoms with Crippen LogP contribution in [0.4, 0.5) is 5.69 Å². The van der Waals surface area contributed by atoms with Crippen molar-refractivity contribution in [2.45, 2.75) is 19.3 Å². The van der Waals surface area contributed by atoms with Gasteiger partial charge in [-0.05, 0) is 30.7 Å². The SMILES string of the molecule is Cn1c(CCCNC(=O)CCN2C(=O)COc3ccccc32)nc2ccccc21. The average molecular weight is 392 g/mol. The lowest BCUT2D eigenvalue weighted by Crippen LogP contribution is -2.41. The Morgan fingerprint density at radius 2 is 1.97 bits per heavy atom. The number of ether oxygens (including phenoxy) is 1. The summed E-state index contributed by atoms with van der Waals surface area (Å²) in [6, 6.07) is 15.4. The molecule has 3 aromatic rings. The number of hydrogen-bond donors (Lipinski definition) is 1. The van der Waals surface area contributed by atoms with Crippen LogP contribution >= 0.6 is 0 Å². The number of carbonyl (C=O) groups is 2. The van der Waals surface area contributed by atoms with Gasteiger partial charge in [-0.3, -0.25) is 9.59 Å². The summed E-state index contributed by atoms with van der Waals surface area (Å²) in [5.41, 5.74) is 2.82. The predicted octanol–water partition coefficient (Wildman–Crippen LogP) is 2.44. The summed E-state index contributed by atoms with van der Waals surface area (Å²) >= 11 is 0. The number of anilines is 1. The second kappa shape index (κ2) is 8.34. The Morgan fingerprint density at radius 3 is 2.83 bits per heavy atom. The van der Waals surface area contributed by atoms with Crippen molar-refractivity contribution in [2.75, 3.05) is 24.6 Å². The number of carbonyl (C=O) groups excluding carboxylic acids is 2. The number of rotatable bonds is 7. The lowest BCUT2D eigenvalue weighted by molar-refractivity contribution is -0.122. The monoisotopic (exact) mass is 392 g/mol. The summed E-state index contributed by atoms with van der Waals surface area (Å²) in [7, 11) is 2.01. The number of aromatic nitrogens is 2. The first-order valence-electron chi connectivity index (χ1n) is 9.83. The van der Waals surface area contributed by atoms with Crippen LogP contribution in [0.25, 0.3) is 11.0 Å². The highest BCUT2D eigenvalue weighted by Crippen LogP contribution is 2.31. The van der Waals surface area contributed by atoms with Crippen LogP contribution in [-0.2, 0) is 23.1 Å². The third kappa shape index (κ3) is 4.08. The van der Waals surface area contributed by atoms with Crippen molar-refractivity contribution in [3.05, 3.63) is 54.4 Å². The van der Waals surface area contributed by atoms with Gasteiger partial charge in [-0.25, -0.2) is 4.98 Å². The second-order valence-corrected chi connectivity index (χ2v) is 7.08. The number of nitrogens with zero attached hydrogens (tertiary/aromatic N) is 3. The van der Waals surface area contributed by atoms with Crippen LogP contribution in [0.2, 0.25) is 0 Å². The van der Waals surface area contributed by atoms with Gasteiger partial charge in [0.05, 0.1) is 16.7 Å². The van der Waals surface area contributed by atoms with Crippen LogP contribution in [0.1, 0.15) is 18.7 Å². The van der Waals surface area contributed by atoms with Gasteiger partial charge in [0.1, 0.15) is 11.6 Å². The van der Waals surface area contributed by atoms with Crippen LogP contribution in [-0.4, -0.2) is 41.1 Å². The molecule has 2 aromatic carbocycles. The molecule has 0 aliphatic carbocycles. The molecular weight excluding hydrogens is 368 g/mol. The quantitative estimate of drug-likeness (QED) is 0.627. The molecule has 0 saturated heterocycles. The number of fused-ring (bicyclic) bond motifs is 2. The Balaban J connectivity index is 1.24. The summed E-state index contributed by atoms with van der Waals surface area (Å²) in [5, 5.41) is 2.94. The van der Waals surface area contributed by atoms with E-state index in [1.54, 1.807) is 4.90 Å². The average Bonchev–Trinajstić information content (AvgIpc) is 3.06. The molecule has 1 aromatic heterocycles. The Bertz CT molecular complexity index is 1040. The molecule has 1 aliphatic heterocycles. The minimum Gasteiger partial charge on any atom is -0.482 e. The number of amides is 2. The summed E-state index contributed by atoms with van der Waals surface area (Å²) in [4.78, 5) is 30.6. The zero-order valence-corrected chi connectivity index (χ0v) is 16.4. The molecule has 2 heterocycles. The standard InChI is InChI=1S/C22H24N4O3/c1-25-17-8-3-2-7-16(17)24-20(25)11-6-13-23-21(27)12-14-26-18-9-4-5-10-19(18)29-15-22(26)28/h2-5,7-10H,6,11-15H2,1H3,(H,23,27). The van der Waals surface area contributed by atoms with Crippen LogP contribution in [0, 0.1) is 0 Å². The summed E-state index contributed by atoms with van der Waals surface area (Å²) in [5.74, 6) is 1.50. The zero-order chi connectivity index (χ0) is 20.2. The predicted molar refractivity (Wildman–Crippen MR) is 111 cm³/mol. The van der Waals surface area contributed by atoms with Crippen molar-refractivity contribution >= 4 is 28.5 Å². The highest BCUT2D eigenvalue weighted by atomic mass is 16.5. The Morgan fingerprint density at radius 1 is 1.17 bits per heavy atom. The molecule has 7 heteroatoms. The fourth-order valence-electron chi connectivity index (χ4n) is 3.59. The van der Waals surface area contributed by atoms with Crippen molar-refractivity contribution in [1.82, 2.24) is 14.9 Å². The van der Waals surface area contributed by atoms with E-state index in [2.05, 4.69) is 20.9 Å². The lowest BCUT2D eigenvalue weighted by atomic mass is 10.2. The minimum atomic E-state index is -0.127. The van der Waals surface area contributed by atoms with E-state index in [0.29, 0.717) is 18.8 Å². The molecule has 0 spiro atoms. The Hall–Kier alpha value is -3.35. The maximum atomic E-state index is 12.2. The summed E-state index contributed by atoms with van der Waals surface area (Å²) in [6.45, 7) is 0.933. The molecule has 29 heavy (non-hydrogen) atoms. The van der Waals surface area contributed by atoms with Gasteiger partial charge in [0.15, 0.2) is 6.61 Å². The molecule has 4 rings (SSSR count). The number of imidazole rings is 1. The van der Waals surface area contributed by atoms with E-state index >= 15 is 0 Å². The molecule has 0 unspecified atom stereocenters. The molecule has 2 amide bonds. The smallest absolute Gasteiger partial charge is 0.265 e. The first-order chi connectivity index (χ1) is 14.1. The maximum absolute atomic E-state index is 12.2. The fraction of sp³-hybridized carbons (Fsp3) is 0.318. The Labute approximate surface area is 169 Å². The van der Waals surface area contributed by atoms with E-state index < -0.39 is 0 Å². The Kier molecular flexibility index (Phi) is 5.46. The summed E-state index contributed by atoms with van der Waals surface area (Å²) < 4.78 is 7.52. The molecule has 150 valence electrons. The van der Waals surface area contributed by atoms with Crippen molar-refractivity contribution < 1.29 is 14.3 Å². The van der Waals surface area contributed by atoms with Crippen molar-refractivity contribution in [2.24, 2.45) is 7.05 Å². The molecule has 0 fully saturated rings. The molecular formula is C22H24N4O3. The van der Waals surface area contributed by atoms with Gasteiger partial charge < -0.3 is 19.5 Å². The largest absolute Gasteiger partial charge is 0.482 e. The number of aryl methyl sites for hydroxylation is 2. The van der Waals surface area contributed by atoms with Crippen LogP contribution in [0.3, 0.4) is 0 Å². The fourth-order valence-corrected chi connectivity index (χ4v) is 3.59. The van der Waals surface area contributed by atoms with Crippen molar-refractivity contribution in [1.29, 1.82) is 0 Å². The van der Waals surface area contributed by atoms with E-state index in [1.807, 2.05) is 49.5 Å². The van der Waals surface area contributed by atoms with E-state index in [4.69, 9.17) is 4.74 Å². The zero-order valence-electron chi connectivity index (χ0n) is 16.4. The number of benzene rings is 2. The number of nitrogens with one attached hydrogen (secondary N) is 1. The van der Waals surface area contributed by atoms with E-state index in [1.165, 1.54) is 0 Å². The lowest BCUT2D eigenvalue weighted by Gasteiger charge is -2.29. The molecule has 0 atom stereocenters. The maximum Gasteiger partial charge on any atom is 0.265 e.